The van der Waals surface area contributed by atoms with Crippen molar-refractivity contribution in [3.8, 4) is 0 Å². The molecule has 0 aromatic heterocycles. The monoisotopic (exact) mass is 325 g/mol. The molecular formula is C17H35N5O. The molecule has 0 aromatic carbocycles. The molecule has 2 aliphatic heterocycles. The van der Waals surface area contributed by atoms with E-state index in [4.69, 9.17) is 4.74 Å². The van der Waals surface area contributed by atoms with Crippen LogP contribution >= 0.6 is 0 Å². The highest BCUT2D eigenvalue weighted by Gasteiger charge is 2.21. The second kappa shape index (κ2) is 10.1. The number of hydrogen-bond donors (Lipinski definition) is 1. The SMILES string of the molecule is CCOC1CCN(C(=NC)NCCN2CCN(CC)CC2)CC1. The minimum atomic E-state index is 0.434. The lowest BCUT2D eigenvalue weighted by molar-refractivity contribution is 0.0263. The van der Waals surface area contributed by atoms with Gasteiger partial charge in [-0.1, -0.05) is 6.92 Å². The second-order valence-corrected chi connectivity index (χ2v) is 6.39. The van der Waals surface area contributed by atoms with Gasteiger partial charge in [0.05, 0.1) is 6.10 Å². The Morgan fingerprint density at radius 3 is 2.26 bits per heavy atom. The summed E-state index contributed by atoms with van der Waals surface area (Å²) in [5.41, 5.74) is 0. The molecule has 2 rings (SSSR count). The number of ether oxygens (including phenoxy) is 1. The molecule has 1 N–H and O–H groups in total. The first-order chi connectivity index (χ1) is 11.3. The van der Waals surface area contributed by atoms with E-state index in [0.717, 1.165) is 51.6 Å². The lowest BCUT2D eigenvalue weighted by Gasteiger charge is -2.35. The summed E-state index contributed by atoms with van der Waals surface area (Å²) in [6.45, 7) is 15.3. The summed E-state index contributed by atoms with van der Waals surface area (Å²) in [6, 6.07) is 0. The van der Waals surface area contributed by atoms with Gasteiger partial charge in [-0.3, -0.25) is 9.89 Å². The summed E-state index contributed by atoms with van der Waals surface area (Å²) in [4.78, 5) is 11.9. The van der Waals surface area contributed by atoms with Crippen LogP contribution in [0, 0.1) is 0 Å². The topological polar surface area (TPSA) is 43.3 Å². The van der Waals surface area contributed by atoms with E-state index in [2.05, 4.69) is 38.9 Å². The Morgan fingerprint density at radius 2 is 1.70 bits per heavy atom. The molecule has 0 aromatic rings. The Hall–Kier alpha value is -0.850. The lowest BCUT2D eigenvalue weighted by atomic mass is 10.1. The minimum absolute atomic E-state index is 0.434. The standard InChI is InChI=1S/C17H35N5O/c1-4-20-12-14-21(15-13-20)11-8-19-17(18-3)22-9-6-16(7-10-22)23-5-2/h16H,4-15H2,1-3H3,(H,18,19). The average Bonchev–Trinajstić information content (AvgIpc) is 2.60. The molecule has 6 heteroatoms. The molecule has 2 fully saturated rings. The van der Waals surface area contributed by atoms with Crippen molar-refractivity contribution in [2.24, 2.45) is 4.99 Å². The highest BCUT2D eigenvalue weighted by Crippen LogP contribution is 2.13. The van der Waals surface area contributed by atoms with Crippen LogP contribution in [0.15, 0.2) is 4.99 Å². The number of aliphatic imine (C=N–C) groups is 1. The fourth-order valence-electron chi connectivity index (χ4n) is 3.46. The number of nitrogens with zero attached hydrogens (tertiary/aromatic N) is 4. The van der Waals surface area contributed by atoms with Crippen LogP contribution in [0.3, 0.4) is 0 Å². The van der Waals surface area contributed by atoms with E-state index in [0.29, 0.717) is 6.10 Å². The van der Waals surface area contributed by atoms with Crippen LogP contribution in [-0.2, 0) is 4.74 Å². The number of likely N-dealkylation sites (N-methyl/N-ethyl adjacent to an activating group) is 1. The quantitative estimate of drug-likeness (QED) is 0.575. The molecule has 134 valence electrons. The number of guanidine groups is 1. The molecule has 0 spiro atoms. The summed E-state index contributed by atoms with van der Waals surface area (Å²) >= 11 is 0. The largest absolute Gasteiger partial charge is 0.378 e. The zero-order chi connectivity index (χ0) is 16.5. The van der Waals surface area contributed by atoms with Crippen molar-refractivity contribution in [3.63, 3.8) is 0 Å². The molecule has 0 amide bonds. The summed E-state index contributed by atoms with van der Waals surface area (Å²) in [5.74, 6) is 1.05. The fourth-order valence-corrected chi connectivity index (χ4v) is 3.46. The number of nitrogens with one attached hydrogen (secondary N) is 1. The van der Waals surface area contributed by atoms with Crippen molar-refractivity contribution >= 4 is 5.96 Å². The van der Waals surface area contributed by atoms with E-state index in [1.807, 2.05) is 7.05 Å². The zero-order valence-electron chi connectivity index (χ0n) is 15.3. The maximum absolute atomic E-state index is 5.73. The number of hydrogen-bond acceptors (Lipinski definition) is 4. The normalized spacial score (nSPS) is 22.6. The summed E-state index contributed by atoms with van der Waals surface area (Å²) in [7, 11) is 1.89. The third-order valence-electron chi connectivity index (χ3n) is 4.98. The van der Waals surface area contributed by atoms with E-state index in [-0.39, 0.29) is 0 Å². The van der Waals surface area contributed by atoms with Crippen LogP contribution in [0.5, 0.6) is 0 Å². The first-order valence-corrected chi connectivity index (χ1v) is 9.28. The number of piperidine rings is 1. The van der Waals surface area contributed by atoms with Crippen LogP contribution in [0.2, 0.25) is 0 Å². The van der Waals surface area contributed by atoms with Gasteiger partial charge in [-0.05, 0) is 26.3 Å². The average molecular weight is 326 g/mol. The van der Waals surface area contributed by atoms with E-state index in [1.165, 1.54) is 32.7 Å². The Bertz CT molecular complexity index is 347. The molecule has 2 saturated heterocycles. The van der Waals surface area contributed by atoms with Gasteiger partial charge in [-0.2, -0.15) is 0 Å². The van der Waals surface area contributed by atoms with E-state index in [9.17, 15) is 0 Å². The molecule has 0 unspecified atom stereocenters. The highest BCUT2D eigenvalue weighted by atomic mass is 16.5. The first-order valence-electron chi connectivity index (χ1n) is 9.28. The van der Waals surface area contributed by atoms with Gasteiger partial charge in [-0.15, -0.1) is 0 Å². The maximum atomic E-state index is 5.73. The van der Waals surface area contributed by atoms with Crippen molar-refractivity contribution in [3.05, 3.63) is 0 Å². The highest BCUT2D eigenvalue weighted by molar-refractivity contribution is 5.79. The van der Waals surface area contributed by atoms with E-state index >= 15 is 0 Å². The van der Waals surface area contributed by atoms with Crippen molar-refractivity contribution in [2.45, 2.75) is 32.8 Å². The van der Waals surface area contributed by atoms with Crippen LogP contribution in [0.25, 0.3) is 0 Å². The zero-order valence-corrected chi connectivity index (χ0v) is 15.3. The van der Waals surface area contributed by atoms with Crippen LogP contribution in [-0.4, -0.2) is 99.3 Å². The first kappa shape index (κ1) is 18.5. The molecule has 0 bridgehead atoms. The predicted molar refractivity (Wildman–Crippen MR) is 96.1 cm³/mol. The molecule has 0 aliphatic carbocycles. The predicted octanol–water partition coefficient (Wildman–Crippen LogP) is 0.700. The summed E-state index contributed by atoms with van der Waals surface area (Å²) in [5, 5.41) is 3.54. The summed E-state index contributed by atoms with van der Waals surface area (Å²) < 4.78 is 5.73. The minimum Gasteiger partial charge on any atom is -0.378 e. The fraction of sp³-hybridized carbons (Fsp3) is 0.941. The lowest BCUT2D eigenvalue weighted by Crippen LogP contribution is -2.51. The Morgan fingerprint density at radius 1 is 1.04 bits per heavy atom. The Balaban J connectivity index is 1.64. The van der Waals surface area contributed by atoms with Gasteiger partial charge in [0.25, 0.3) is 0 Å². The Kier molecular flexibility index (Phi) is 8.12. The van der Waals surface area contributed by atoms with Crippen molar-refractivity contribution in [1.29, 1.82) is 0 Å². The maximum Gasteiger partial charge on any atom is 0.193 e. The molecule has 6 nitrogen and oxygen atoms in total. The number of piperazine rings is 1. The molecule has 2 heterocycles. The molecule has 23 heavy (non-hydrogen) atoms. The van der Waals surface area contributed by atoms with E-state index < -0.39 is 0 Å². The van der Waals surface area contributed by atoms with Gasteiger partial charge in [0.2, 0.25) is 0 Å². The number of likely N-dealkylation sites (tertiary alicyclic amines) is 1. The van der Waals surface area contributed by atoms with Gasteiger partial charge in [0.15, 0.2) is 5.96 Å². The third-order valence-corrected chi connectivity index (χ3v) is 4.98. The van der Waals surface area contributed by atoms with Crippen molar-refractivity contribution < 1.29 is 4.74 Å². The third kappa shape index (κ3) is 5.94. The van der Waals surface area contributed by atoms with Gasteiger partial charge >= 0.3 is 0 Å². The van der Waals surface area contributed by atoms with Crippen LogP contribution in [0.1, 0.15) is 26.7 Å². The molecule has 0 saturated carbocycles. The smallest absolute Gasteiger partial charge is 0.193 e. The van der Waals surface area contributed by atoms with Crippen molar-refractivity contribution in [1.82, 2.24) is 20.0 Å². The molecule has 2 aliphatic rings. The second-order valence-electron chi connectivity index (χ2n) is 6.39. The van der Waals surface area contributed by atoms with Gasteiger partial charge in [0.1, 0.15) is 0 Å². The van der Waals surface area contributed by atoms with Crippen molar-refractivity contribution in [2.75, 3.05) is 72.6 Å². The van der Waals surface area contributed by atoms with Crippen LogP contribution in [0.4, 0.5) is 0 Å². The molecule has 0 radical (unpaired) electrons. The van der Waals surface area contributed by atoms with Gasteiger partial charge in [0, 0.05) is 66.0 Å². The van der Waals surface area contributed by atoms with Gasteiger partial charge < -0.3 is 19.9 Å². The molecule has 0 atom stereocenters. The van der Waals surface area contributed by atoms with Crippen LogP contribution < -0.4 is 5.32 Å². The van der Waals surface area contributed by atoms with E-state index in [1.54, 1.807) is 0 Å². The Labute approximate surface area is 141 Å². The molecular weight excluding hydrogens is 290 g/mol. The number of rotatable bonds is 6. The van der Waals surface area contributed by atoms with Gasteiger partial charge in [-0.25, -0.2) is 0 Å². The summed E-state index contributed by atoms with van der Waals surface area (Å²) in [6.07, 6.45) is 2.64.